The largest absolute Gasteiger partial charge is 0.372 e. The van der Waals surface area contributed by atoms with Gasteiger partial charge in [-0.15, -0.1) is 0 Å². The number of benzene rings is 1. The molecule has 0 unspecified atom stereocenters. The second-order valence-corrected chi connectivity index (χ2v) is 4.32. The lowest BCUT2D eigenvalue weighted by Crippen LogP contribution is -2.13. The number of carbonyl (C=O) groups excluding carboxylic acids is 1. The first-order valence-corrected chi connectivity index (χ1v) is 5.55. The maximum Gasteiger partial charge on any atom is 0.300 e. The van der Waals surface area contributed by atoms with Gasteiger partial charge in [-0.3, -0.25) is 25.0 Å². The maximum absolute atomic E-state index is 11.0. The van der Waals surface area contributed by atoms with Gasteiger partial charge in [0, 0.05) is 23.7 Å². The summed E-state index contributed by atoms with van der Waals surface area (Å²) in [4.78, 5) is 31.3. The Morgan fingerprint density at radius 3 is 1.89 bits per heavy atom. The van der Waals surface area contributed by atoms with Crippen LogP contribution in [0.1, 0.15) is 24.2 Å². The van der Waals surface area contributed by atoms with Gasteiger partial charge in [0.25, 0.3) is 16.6 Å². The lowest BCUT2D eigenvalue weighted by atomic mass is 10.1. The Labute approximate surface area is 112 Å². The number of carbonyl (C=O) groups is 1. The van der Waals surface area contributed by atoms with Gasteiger partial charge in [-0.05, 0) is 25.4 Å². The number of nitro benzene ring substituents is 2. The van der Waals surface area contributed by atoms with E-state index in [1.165, 1.54) is 0 Å². The second kappa shape index (κ2) is 5.61. The molecule has 0 amide bonds. The number of rotatable bonds is 5. The molecular formula is C10H10ClN3O5. The minimum atomic E-state index is -0.998. The lowest BCUT2D eigenvalue weighted by Gasteiger charge is -2.11. The number of nitrogens with one attached hydrogen (secondary N) is 1. The van der Waals surface area contributed by atoms with Crippen molar-refractivity contribution in [2.24, 2.45) is 0 Å². The highest BCUT2D eigenvalue weighted by atomic mass is 35.5. The molecule has 0 atom stereocenters. The van der Waals surface area contributed by atoms with Crippen LogP contribution in [0.5, 0.6) is 0 Å². The molecule has 0 aliphatic heterocycles. The van der Waals surface area contributed by atoms with Crippen LogP contribution in [0.3, 0.4) is 0 Å². The zero-order valence-electron chi connectivity index (χ0n) is 10.0. The topological polar surface area (TPSA) is 115 Å². The number of hydrogen-bond acceptors (Lipinski definition) is 6. The van der Waals surface area contributed by atoms with Crippen molar-refractivity contribution >= 4 is 33.9 Å². The van der Waals surface area contributed by atoms with E-state index < -0.39 is 26.5 Å². The minimum absolute atomic E-state index is 0.244. The summed E-state index contributed by atoms with van der Waals surface area (Å²) in [5, 5.41) is 23.5. The van der Waals surface area contributed by atoms with Crippen molar-refractivity contribution in [2.45, 2.75) is 19.9 Å². The van der Waals surface area contributed by atoms with Crippen molar-refractivity contribution in [1.82, 2.24) is 0 Å². The lowest BCUT2D eigenvalue weighted by molar-refractivity contribution is -0.392. The van der Waals surface area contributed by atoms with E-state index >= 15 is 0 Å². The molecule has 0 radical (unpaired) electrons. The van der Waals surface area contributed by atoms with Gasteiger partial charge in [-0.25, -0.2) is 0 Å². The molecule has 0 aliphatic carbocycles. The summed E-state index contributed by atoms with van der Waals surface area (Å²) in [6.07, 6.45) is 0. The van der Waals surface area contributed by atoms with E-state index in [4.69, 9.17) is 11.6 Å². The Kier molecular flexibility index (Phi) is 4.38. The first-order valence-electron chi connectivity index (χ1n) is 5.17. The van der Waals surface area contributed by atoms with Crippen molar-refractivity contribution < 1.29 is 14.6 Å². The number of nitrogens with zero attached hydrogens (tertiary/aromatic N) is 2. The number of nitro groups is 2. The average molecular weight is 288 g/mol. The summed E-state index contributed by atoms with van der Waals surface area (Å²) in [6.45, 7) is 3.35. The monoisotopic (exact) mass is 287 g/mol. The highest BCUT2D eigenvalue weighted by Crippen LogP contribution is 2.36. The van der Waals surface area contributed by atoms with Crippen LogP contribution < -0.4 is 5.32 Å². The van der Waals surface area contributed by atoms with Gasteiger partial charge < -0.3 is 5.32 Å². The van der Waals surface area contributed by atoms with Gasteiger partial charge in [0.1, 0.15) is 0 Å². The number of hydrogen-bond donors (Lipinski definition) is 1. The summed E-state index contributed by atoms with van der Waals surface area (Å²) in [5.41, 5.74) is -1.67. The molecule has 0 spiro atoms. The quantitative estimate of drug-likeness (QED) is 0.505. The molecule has 0 fully saturated rings. The fourth-order valence-corrected chi connectivity index (χ4v) is 1.56. The van der Waals surface area contributed by atoms with E-state index in [9.17, 15) is 25.0 Å². The Hall–Kier alpha value is -2.22. The SMILES string of the molecule is CC(C)Nc1c([N+](=O)[O-])cc(C(=O)Cl)cc1[N+](=O)[O-]. The molecule has 1 aromatic carbocycles. The fraction of sp³-hybridized carbons (Fsp3) is 0.300. The van der Waals surface area contributed by atoms with Crippen LogP contribution in [0, 0.1) is 20.2 Å². The summed E-state index contributed by atoms with van der Waals surface area (Å²) < 4.78 is 0. The molecule has 0 bridgehead atoms. The zero-order chi connectivity index (χ0) is 14.7. The first-order chi connectivity index (χ1) is 8.73. The molecule has 0 heterocycles. The molecule has 19 heavy (non-hydrogen) atoms. The summed E-state index contributed by atoms with van der Waals surface area (Å²) in [7, 11) is 0. The van der Waals surface area contributed by atoms with Crippen molar-refractivity contribution in [3.8, 4) is 0 Å². The van der Waals surface area contributed by atoms with E-state index in [-0.39, 0.29) is 17.3 Å². The summed E-state index contributed by atoms with van der Waals surface area (Å²) in [5.74, 6) is 0. The smallest absolute Gasteiger partial charge is 0.300 e. The summed E-state index contributed by atoms with van der Waals surface area (Å²) >= 11 is 5.21. The molecule has 0 saturated heterocycles. The van der Waals surface area contributed by atoms with Crippen molar-refractivity contribution in [2.75, 3.05) is 5.32 Å². The van der Waals surface area contributed by atoms with Crippen LogP contribution in [0.15, 0.2) is 12.1 Å². The standard InChI is InChI=1S/C10H10ClN3O5/c1-5(2)12-9-7(13(16)17)3-6(10(11)15)4-8(9)14(18)19/h3-5,12H,1-2H3. The van der Waals surface area contributed by atoms with Crippen LogP contribution in [0.2, 0.25) is 0 Å². The average Bonchev–Trinajstić information content (AvgIpc) is 2.27. The summed E-state index contributed by atoms with van der Waals surface area (Å²) in [6, 6.07) is 1.56. The number of anilines is 1. The molecular weight excluding hydrogens is 278 g/mol. The van der Waals surface area contributed by atoms with Gasteiger partial charge in [-0.1, -0.05) is 0 Å². The van der Waals surface area contributed by atoms with Crippen LogP contribution in [-0.4, -0.2) is 21.1 Å². The molecule has 0 aliphatic rings. The molecule has 8 nitrogen and oxygen atoms in total. The molecule has 1 N–H and O–H groups in total. The van der Waals surface area contributed by atoms with Gasteiger partial charge in [0.05, 0.1) is 9.85 Å². The molecule has 102 valence electrons. The van der Waals surface area contributed by atoms with Gasteiger partial charge >= 0.3 is 0 Å². The molecule has 1 rings (SSSR count). The fourth-order valence-electron chi connectivity index (χ4n) is 1.45. The van der Waals surface area contributed by atoms with Crippen molar-refractivity contribution in [3.05, 3.63) is 37.9 Å². The Morgan fingerprint density at radius 2 is 1.63 bits per heavy atom. The molecule has 0 aromatic heterocycles. The third-order valence-corrected chi connectivity index (χ3v) is 2.37. The van der Waals surface area contributed by atoms with Crippen LogP contribution in [-0.2, 0) is 0 Å². The third-order valence-electron chi connectivity index (χ3n) is 2.15. The minimum Gasteiger partial charge on any atom is -0.372 e. The van der Waals surface area contributed by atoms with Crippen molar-refractivity contribution in [3.63, 3.8) is 0 Å². The molecule has 1 aromatic rings. The first kappa shape index (κ1) is 14.8. The maximum atomic E-state index is 11.0. The normalized spacial score (nSPS) is 10.3. The number of halogens is 1. The third kappa shape index (κ3) is 3.38. The Morgan fingerprint density at radius 1 is 1.21 bits per heavy atom. The highest BCUT2D eigenvalue weighted by Gasteiger charge is 2.28. The van der Waals surface area contributed by atoms with Crippen LogP contribution in [0.4, 0.5) is 17.1 Å². The van der Waals surface area contributed by atoms with Gasteiger partial charge in [0.15, 0.2) is 5.69 Å². The Bertz CT molecular complexity index is 523. The highest BCUT2D eigenvalue weighted by molar-refractivity contribution is 6.67. The van der Waals surface area contributed by atoms with Crippen molar-refractivity contribution in [1.29, 1.82) is 0 Å². The molecule has 0 saturated carbocycles. The Balaban J connectivity index is 3.60. The predicted octanol–water partition coefficient (Wildman–Crippen LogP) is 2.70. The second-order valence-electron chi connectivity index (χ2n) is 3.98. The predicted molar refractivity (Wildman–Crippen MR) is 68.7 cm³/mol. The molecule has 9 heteroatoms. The van der Waals surface area contributed by atoms with Gasteiger partial charge in [0.2, 0.25) is 0 Å². The van der Waals surface area contributed by atoms with Crippen LogP contribution >= 0.6 is 11.6 Å². The van der Waals surface area contributed by atoms with Gasteiger partial charge in [-0.2, -0.15) is 0 Å². The van der Waals surface area contributed by atoms with E-state index in [0.717, 1.165) is 12.1 Å². The van der Waals surface area contributed by atoms with Crippen LogP contribution in [0.25, 0.3) is 0 Å². The van der Waals surface area contributed by atoms with E-state index in [2.05, 4.69) is 5.32 Å². The zero-order valence-corrected chi connectivity index (χ0v) is 10.8. The van der Waals surface area contributed by atoms with E-state index in [1.54, 1.807) is 13.8 Å². The van der Waals surface area contributed by atoms with E-state index in [0.29, 0.717) is 0 Å². The van der Waals surface area contributed by atoms with E-state index in [1.807, 2.05) is 0 Å².